The summed E-state index contributed by atoms with van der Waals surface area (Å²) in [6.07, 6.45) is 3.29. The molecular formula is C14H16ClN3OS. The number of halogens is 1. The molecule has 2 aromatic rings. The van der Waals surface area contributed by atoms with Gasteiger partial charge < -0.3 is 11.1 Å². The first kappa shape index (κ1) is 14.8. The quantitative estimate of drug-likeness (QED) is 0.828. The van der Waals surface area contributed by atoms with Gasteiger partial charge in [-0.15, -0.1) is 11.3 Å². The summed E-state index contributed by atoms with van der Waals surface area (Å²) in [5.74, 6) is -0.248. The van der Waals surface area contributed by atoms with E-state index >= 15 is 0 Å². The topological polar surface area (TPSA) is 68.0 Å². The number of aromatic nitrogens is 1. The predicted octanol–water partition coefficient (Wildman–Crippen LogP) is 3.65. The van der Waals surface area contributed by atoms with E-state index < -0.39 is 0 Å². The highest BCUT2D eigenvalue weighted by atomic mass is 35.5. The van der Waals surface area contributed by atoms with Crippen LogP contribution >= 0.6 is 22.9 Å². The fourth-order valence-corrected chi connectivity index (χ4v) is 2.92. The monoisotopic (exact) mass is 309 g/mol. The number of hydrogen-bond donors (Lipinski definition) is 2. The molecule has 6 heteroatoms. The lowest BCUT2D eigenvalue weighted by atomic mass is 10.1. The van der Waals surface area contributed by atoms with Gasteiger partial charge in [0, 0.05) is 4.88 Å². The highest BCUT2D eigenvalue weighted by Crippen LogP contribution is 2.24. The van der Waals surface area contributed by atoms with Crippen LogP contribution < -0.4 is 11.1 Å². The number of nitrogens with zero attached hydrogens (tertiary/aromatic N) is 1. The molecule has 0 aromatic carbocycles. The number of nitrogens with two attached hydrogens (primary N) is 1. The second-order valence-corrected chi connectivity index (χ2v) is 5.77. The number of rotatable bonds is 5. The summed E-state index contributed by atoms with van der Waals surface area (Å²) in [7, 11) is 0. The molecule has 1 amide bonds. The normalized spacial score (nSPS) is 12.1. The number of carbonyl (C=O) groups excluding carboxylic acids is 1. The van der Waals surface area contributed by atoms with Gasteiger partial charge in [-0.3, -0.25) is 4.79 Å². The summed E-state index contributed by atoms with van der Waals surface area (Å²) in [6.45, 7) is 2.09. The van der Waals surface area contributed by atoms with Gasteiger partial charge in [-0.05, 0) is 23.9 Å². The van der Waals surface area contributed by atoms with Gasteiger partial charge in [-0.25, -0.2) is 4.98 Å². The van der Waals surface area contributed by atoms with Crippen molar-refractivity contribution in [2.75, 3.05) is 5.73 Å². The average molecular weight is 310 g/mol. The van der Waals surface area contributed by atoms with Crippen molar-refractivity contribution in [2.45, 2.75) is 25.8 Å². The molecule has 3 N–H and O–H groups in total. The minimum Gasteiger partial charge on any atom is -0.397 e. The number of nitrogen functional groups attached to an aromatic ring is 1. The number of hydrogen-bond acceptors (Lipinski definition) is 4. The Hall–Kier alpha value is -1.59. The van der Waals surface area contributed by atoms with E-state index in [9.17, 15) is 4.79 Å². The van der Waals surface area contributed by atoms with E-state index in [4.69, 9.17) is 17.3 Å². The Bertz CT molecular complexity index is 586. The highest BCUT2D eigenvalue weighted by molar-refractivity contribution is 7.10. The molecule has 0 saturated heterocycles. The van der Waals surface area contributed by atoms with E-state index in [2.05, 4.69) is 17.2 Å². The van der Waals surface area contributed by atoms with Gasteiger partial charge in [-0.2, -0.15) is 0 Å². The van der Waals surface area contributed by atoms with Crippen LogP contribution in [0, 0.1) is 0 Å². The van der Waals surface area contributed by atoms with Crippen LogP contribution in [0.4, 0.5) is 5.69 Å². The number of anilines is 1. The van der Waals surface area contributed by atoms with Crippen LogP contribution in [-0.2, 0) is 0 Å². The molecule has 0 fully saturated rings. The molecule has 1 unspecified atom stereocenters. The first-order valence-electron chi connectivity index (χ1n) is 6.37. The number of pyridine rings is 1. The minimum absolute atomic E-state index is 0.00926. The maximum absolute atomic E-state index is 12.3. The summed E-state index contributed by atoms with van der Waals surface area (Å²) in [6, 6.07) is 5.53. The molecule has 0 radical (unpaired) electrons. The van der Waals surface area contributed by atoms with Gasteiger partial charge in [0.15, 0.2) is 0 Å². The van der Waals surface area contributed by atoms with Gasteiger partial charge in [0.05, 0.1) is 23.5 Å². The molecule has 2 aromatic heterocycles. The van der Waals surface area contributed by atoms with E-state index in [1.54, 1.807) is 17.4 Å². The van der Waals surface area contributed by atoms with Crippen LogP contribution in [0.25, 0.3) is 0 Å². The molecule has 0 aliphatic heterocycles. The molecule has 0 bridgehead atoms. The van der Waals surface area contributed by atoms with Crippen LogP contribution in [0.5, 0.6) is 0 Å². The van der Waals surface area contributed by atoms with E-state index in [0.29, 0.717) is 11.3 Å². The molecular weight excluding hydrogens is 294 g/mol. The van der Waals surface area contributed by atoms with Gasteiger partial charge in [0.1, 0.15) is 5.15 Å². The average Bonchev–Trinajstić information content (AvgIpc) is 2.95. The smallest absolute Gasteiger partial charge is 0.254 e. The highest BCUT2D eigenvalue weighted by Gasteiger charge is 2.18. The van der Waals surface area contributed by atoms with Crippen molar-refractivity contribution in [3.63, 3.8) is 0 Å². The van der Waals surface area contributed by atoms with E-state index in [1.165, 1.54) is 6.20 Å². The third-order valence-corrected chi connectivity index (χ3v) is 4.16. The zero-order valence-corrected chi connectivity index (χ0v) is 12.7. The fourth-order valence-electron chi connectivity index (χ4n) is 1.92. The van der Waals surface area contributed by atoms with Crippen molar-refractivity contribution in [1.29, 1.82) is 0 Å². The third-order valence-electron chi connectivity index (χ3n) is 2.87. The summed E-state index contributed by atoms with van der Waals surface area (Å²) in [5.41, 5.74) is 6.38. The Morgan fingerprint density at radius 2 is 2.40 bits per heavy atom. The predicted molar refractivity (Wildman–Crippen MR) is 83.1 cm³/mol. The number of nitrogens with one attached hydrogen (secondary N) is 1. The molecule has 2 rings (SSSR count). The Balaban J connectivity index is 2.18. The van der Waals surface area contributed by atoms with Crippen LogP contribution in [-0.4, -0.2) is 10.9 Å². The van der Waals surface area contributed by atoms with Gasteiger partial charge >= 0.3 is 0 Å². The number of carbonyl (C=O) groups is 1. The molecule has 1 atom stereocenters. The largest absolute Gasteiger partial charge is 0.397 e. The molecule has 0 aliphatic rings. The van der Waals surface area contributed by atoms with Crippen molar-refractivity contribution in [1.82, 2.24) is 10.3 Å². The zero-order chi connectivity index (χ0) is 14.5. The summed E-state index contributed by atoms with van der Waals surface area (Å²) in [4.78, 5) is 17.3. The van der Waals surface area contributed by atoms with E-state index in [0.717, 1.165) is 17.7 Å². The molecule has 0 spiro atoms. The molecule has 4 nitrogen and oxygen atoms in total. The second-order valence-electron chi connectivity index (χ2n) is 4.44. The molecule has 20 heavy (non-hydrogen) atoms. The lowest BCUT2D eigenvalue weighted by Gasteiger charge is -2.17. The maximum Gasteiger partial charge on any atom is 0.254 e. The lowest BCUT2D eigenvalue weighted by Crippen LogP contribution is -2.28. The van der Waals surface area contributed by atoms with Crippen LogP contribution in [0.1, 0.15) is 41.0 Å². The fraction of sp³-hybridized carbons (Fsp3) is 0.286. The number of thiophene rings is 1. The van der Waals surface area contributed by atoms with Crippen LogP contribution in [0.3, 0.4) is 0 Å². The molecule has 0 saturated carbocycles. The second kappa shape index (κ2) is 6.72. The zero-order valence-electron chi connectivity index (χ0n) is 11.1. The summed E-state index contributed by atoms with van der Waals surface area (Å²) >= 11 is 7.58. The third kappa shape index (κ3) is 3.49. The Morgan fingerprint density at radius 3 is 3.05 bits per heavy atom. The molecule has 2 heterocycles. The molecule has 0 aliphatic carbocycles. The maximum atomic E-state index is 12.3. The van der Waals surface area contributed by atoms with Crippen molar-refractivity contribution < 1.29 is 4.79 Å². The van der Waals surface area contributed by atoms with Crippen molar-refractivity contribution in [3.8, 4) is 0 Å². The van der Waals surface area contributed by atoms with Gasteiger partial charge in [-0.1, -0.05) is 31.0 Å². The first-order valence-corrected chi connectivity index (χ1v) is 7.63. The van der Waals surface area contributed by atoms with Crippen LogP contribution in [0.15, 0.2) is 29.8 Å². The van der Waals surface area contributed by atoms with Gasteiger partial charge in [0.2, 0.25) is 0 Å². The van der Waals surface area contributed by atoms with Gasteiger partial charge in [0.25, 0.3) is 5.91 Å². The first-order chi connectivity index (χ1) is 9.61. The molecule has 106 valence electrons. The minimum atomic E-state index is -0.248. The Kier molecular flexibility index (Phi) is 4.98. The van der Waals surface area contributed by atoms with Crippen LogP contribution in [0.2, 0.25) is 5.15 Å². The lowest BCUT2D eigenvalue weighted by molar-refractivity contribution is 0.0935. The summed E-state index contributed by atoms with van der Waals surface area (Å²) in [5, 5.41) is 5.16. The van der Waals surface area contributed by atoms with Crippen molar-refractivity contribution >= 4 is 34.5 Å². The van der Waals surface area contributed by atoms with E-state index in [-0.39, 0.29) is 17.1 Å². The Morgan fingerprint density at radius 1 is 1.60 bits per heavy atom. The SMILES string of the molecule is CCCC(NC(=O)c1cc(N)cnc1Cl)c1cccs1. The standard InChI is InChI=1S/C14H16ClN3OS/c1-2-4-11(12-5-3-6-20-12)18-14(19)10-7-9(16)8-17-13(10)15/h3,5-8,11H,2,4,16H2,1H3,(H,18,19). The van der Waals surface area contributed by atoms with Crippen molar-refractivity contribution in [3.05, 3.63) is 45.4 Å². The Labute approximate surface area is 127 Å². The summed E-state index contributed by atoms with van der Waals surface area (Å²) < 4.78 is 0. The number of amides is 1. The van der Waals surface area contributed by atoms with Crippen molar-refractivity contribution in [2.24, 2.45) is 0 Å². The van der Waals surface area contributed by atoms with E-state index in [1.807, 2.05) is 17.5 Å².